The van der Waals surface area contributed by atoms with Crippen LogP contribution in [0.2, 0.25) is 0 Å². The van der Waals surface area contributed by atoms with Crippen LogP contribution in [0.15, 0.2) is 53.7 Å². The molecule has 2 aromatic heterocycles. The van der Waals surface area contributed by atoms with E-state index in [0.29, 0.717) is 5.75 Å². The van der Waals surface area contributed by atoms with Crippen LogP contribution in [0.3, 0.4) is 0 Å². The summed E-state index contributed by atoms with van der Waals surface area (Å²) in [5.74, 6) is 0.0749. The molecule has 0 fully saturated rings. The Bertz CT molecular complexity index is 1020. The molecular formula is C17H14FN3O2S2. The number of thioether (sulfide) groups is 1. The molecule has 0 spiro atoms. The van der Waals surface area contributed by atoms with Crippen molar-refractivity contribution >= 4 is 38.3 Å². The smallest absolute Gasteiger partial charge is 0.217 e. The summed E-state index contributed by atoms with van der Waals surface area (Å²) in [5, 5.41) is 19.2. The minimum atomic E-state index is -0.748. The quantitative estimate of drug-likeness (QED) is 0.522. The molecule has 0 radical (unpaired) electrons. The van der Waals surface area contributed by atoms with Gasteiger partial charge in [0.05, 0.1) is 16.3 Å². The van der Waals surface area contributed by atoms with Crippen LogP contribution < -0.4 is 4.74 Å². The monoisotopic (exact) mass is 375 g/mol. The zero-order valence-corrected chi connectivity index (χ0v) is 14.6. The summed E-state index contributed by atoms with van der Waals surface area (Å²) in [7, 11) is 0. The summed E-state index contributed by atoms with van der Waals surface area (Å²) in [6, 6.07) is 14.2. The Morgan fingerprint density at radius 2 is 1.96 bits per heavy atom. The number of nitrogens with zero attached hydrogens (tertiary/aromatic N) is 3. The number of halogens is 1. The number of ether oxygens (including phenoxy) is 1. The molecule has 8 heteroatoms. The van der Waals surface area contributed by atoms with Crippen LogP contribution in [0.1, 0.15) is 0 Å². The van der Waals surface area contributed by atoms with E-state index >= 15 is 0 Å². The summed E-state index contributed by atoms with van der Waals surface area (Å²) in [5.41, 5.74) is 1.05. The van der Waals surface area contributed by atoms with E-state index < -0.39 is 11.9 Å². The van der Waals surface area contributed by atoms with Crippen molar-refractivity contribution in [1.82, 2.24) is 14.6 Å². The second kappa shape index (κ2) is 6.99. The van der Waals surface area contributed by atoms with Crippen molar-refractivity contribution in [2.75, 3.05) is 12.4 Å². The molecule has 25 heavy (non-hydrogen) atoms. The second-order valence-corrected chi connectivity index (χ2v) is 7.37. The number of thiazole rings is 1. The fourth-order valence-corrected chi connectivity index (χ4v) is 4.29. The highest BCUT2D eigenvalue weighted by Crippen LogP contribution is 2.29. The minimum absolute atomic E-state index is 0.0142. The Labute approximate surface area is 151 Å². The van der Waals surface area contributed by atoms with Crippen LogP contribution in [0.25, 0.3) is 15.2 Å². The summed E-state index contributed by atoms with van der Waals surface area (Å²) < 4.78 is 22.0. The maximum Gasteiger partial charge on any atom is 0.217 e. The van der Waals surface area contributed by atoms with Crippen molar-refractivity contribution in [2.24, 2.45) is 0 Å². The van der Waals surface area contributed by atoms with Crippen molar-refractivity contribution < 1.29 is 14.2 Å². The maximum absolute atomic E-state index is 13.5. The van der Waals surface area contributed by atoms with E-state index in [4.69, 9.17) is 4.74 Å². The van der Waals surface area contributed by atoms with E-state index in [1.807, 2.05) is 28.7 Å². The van der Waals surface area contributed by atoms with Gasteiger partial charge in [0, 0.05) is 5.75 Å². The van der Waals surface area contributed by atoms with Crippen LogP contribution in [0.4, 0.5) is 4.39 Å². The Kier molecular flexibility index (Phi) is 4.56. The molecular weight excluding hydrogens is 361 g/mol. The molecule has 0 saturated carbocycles. The second-order valence-electron chi connectivity index (χ2n) is 5.38. The first-order valence-electron chi connectivity index (χ1n) is 7.63. The van der Waals surface area contributed by atoms with Gasteiger partial charge in [-0.2, -0.15) is 0 Å². The first kappa shape index (κ1) is 16.3. The van der Waals surface area contributed by atoms with Crippen molar-refractivity contribution in [3.63, 3.8) is 0 Å². The van der Waals surface area contributed by atoms with Crippen LogP contribution in [0.5, 0.6) is 5.75 Å². The largest absolute Gasteiger partial charge is 0.488 e. The van der Waals surface area contributed by atoms with Gasteiger partial charge in [-0.05, 0) is 24.3 Å². The third kappa shape index (κ3) is 3.33. The predicted octanol–water partition coefficient (Wildman–Crippen LogP) is 3.62. The molecule has 0 saturated heterocycles. The number of fused-ring (bicyclic) bond motifs is 3. The van der Waals surface area contributed by atoms with E-state index in [1.54, 1.807) is 23.5 Å². The van der Waals surface area contributed by atoms with Crippen molar-refractivity contribution in [1.29, 1.82) is 0 Å². The molecule has 5 nitrogen and oxygen atoms in total. The van der Waals surface area contributed by atoms with Crippen molar-refractivity contribution in [3.05, 3.63) is 54.3 Å². The molecule has 1 N–H and O–H groups in total. The van der Waals surface area contributed by atoms with E-state index in [9.17, 15) is 9.50 Å². The number of para-hydroxylation sites is 2. The van der Waals surface area contributed by atoms with Gasteiger partial charge in [-0.1, -0.05) is 47.4 Å². The number of hydrogen-bond donors (Lipinski definition) is 1. The topological polar surface area (TPSA) is 59.7 Å². The van der Waals surface area contributed by atoms with Gasteiger partial charge in [-0.15, -0.1) is 10.2 Å². The number of rotatable bonds is 6. The highest BCUT2D eigenvalue weighted by atomic mass is 32.2. The lowest BCUT2D eigenvalue weighted by Crippen LogP contribution is -2.20. The van der Waals surface area contributed by atoms with Crippen LogP contribution in [0, 0.1) is 5.82 Å². The van der Waals surface area contributed by atoms with Gasteiger partial charge in [-0.3, -0.25) is 4.40 Å². The fourth-order valence-electron chi connectivity index (χ4n) is 2.42. The zero-order valence-electron chi connectivity index (χ0n) is 13.0. The Hall–Kier alpha value is -2.16. The van der Waals surface area contributed by atoms with Crippen LogP contribution in [-0.2, 0) is 0 Å². The standard InChI is InChI=1S/C17H14FN3O2S2/c18-12-5-1-3-7-14(12)23-9-11(22)10-24-16-19-20-17-21(16)13-6-2-4-8-15(13)25-17/h1-8,11,22H,9-10H2. The molecule has 4 rings (SSSR count). The lowest BCUT2D eigenvalue weighted by molar-refractivity contribution is 0.123. The highest BCUT2D eigenvalue weighted by Gasteiger charge is 2.15. The van der Waals surface area contributed by atoms with Gasteiger partial charge in [0.15, 0.2) is 16.7 Å². The predicted molar refractivity (Wildman–Crippen MR) is 97.0 cm³/mol. The summed E-state index contributed by atoms with van der Waals surface area (Å²) in [6.07, 6.45) is -0.748. The van der Waals surface area contributed by atoms with Gasteiger partial charge in [0.1, 0.15) is 6.61 Å². The normalized spacial score (nSPS) is 12.7. The third-order valence-electron chi connectivity index (χ3n) is 3.58. The average Bonchev–Trinajstić information content (AvgIpc) is 3.18. The third-order valence-corrected chi connectivity index (χ3v) is 5.67. The number of benzene rings is 2. The summed E-state index contributed by atoms with van der Waals surface area (Å²) >= 11 is 2.97. The van der Waals surface area contributed by atoms with Gasteiger partial charge < -0.3 is 9.84 Å². The molecule has 0 amide bonds. The van der Waals surface area contributed by atoms with Crippen molar-refractivity contribution in [3.8, 4) is 5.75 Å². The van der Waals surface area contributed by atoms with Gasteiger partial charge in [0.25, 0.3) is 0 Å². The van der Waals surface area contributed by atoms with Crippen LogP contribution >= 0.6 is 23.1 Å². The number of aliphatic hydroxyl groups excluding tert-OH is 1. The van der Waals surface area contributed by atoms with Gasteiger partial charge in [0.2, 0.25) is 4.96 Å². The Balaban J connectivity index is 1.43. The molecule has 0 bridgehead atoms. The van der Waals surface area contributed by atoms with E-state index in [-0.39, 0.29) is 12.4 Å². The first-order chi connectivity index (χ1) is 12.2. The fraction of sp³-hybridized carbons (Fsp3) is 0.176. The van der Waals surface area contributed by atoms with Gasteiger partial charge >= 0.3 is 0 Å². The molecule has 0 aliphatic rings. The van der Waals surface area contributed by atoms with E-state index in [1.165, 1.54) is 23.9 Å². The lowest BCUT2D eigenvalue weighted by Gasteiger charge is -2.11. The SMILES string of the molecule is OC(COc1ccccc1F)CSc1nnc2sc3ccccc3n12. The lowest BCUT2D eigenvalue weighted by atomic mass is 10.3. The van der Waals surface area contributed by atoms with Crippen LogP contribution in [-0.4, -0.2) is 38.2 Å². The Morgan fingerprint density at radius 3 is 2.84 bits per heavy atom. The molecule has 1 unspecified atom stereocenters. The van der Waals surface area contributed by atoms with E-state index in [2.05, 4.69) is 10.2 Å². The molecule has 2 aromatic carbocycles. The number of aliphatic hydroxyl groups is 1. The Morgan fingerprint density at radius 1 is 1.16 bits per heavy atom. The average molecular weight is 375 g/mol. The molecule has 0 aliphatic carbocycles. The van der Waals surface area contributed by atoms with Crippen molar-refractivity contribution in [2.45, 2.75) is 11.3 Å². The van der Waals surface area contributed by atoms with Gasteiger partial charge in [-0.25, -0.2) is 4.39 Å². The highest BCUT2D eigenvalue weighted by molar-refractivity contribution is 7.99. The minimum Gasteiger partial charge on any atom is -0.488 e. The molecule has 128 valence electrons. The number of hydrogen-bond acceptors (Lipinski definition) is 6. The maximum atomic E-state index is 13.5. The summed E-state index contributed by atoms with van der Waals surface area (Å²) in [4.78, 5) is 0.820. The number of aromatic nitrogens is 3. The molecule has 2 heterocycles. The first-order valence-corrected chi connectivity index (χ1v) is 9.43. The molecule has 4 aromatic rings. The van der Waals surface area contributed by atoms with E-state index in [0.717, 1.165) is 20.3 Å². The molecule has 0 aliphatic heterocycles. The summed E-state index contributed by atoms with van der Waals surface area (Å²) in [6.45, 7) is 0.0142. The zero-order chi connectivity index (χ0) is 17.2. The molecule has 1 atom stereocenters.